The lowest BCUT2D eigenvalue weighted by atomic mass is 10.2. The van der Waals surface area contributed by atoms with Gasteiger partial charge in [0, 0.05) is 19.6 Å². The van der Waals surface area contributed by atoms with E-state index in [9.17, 15) is 0 Å². The van der Waals surface area contributed by atoms with E-state index >= 15 is 0 Å². The molecular weight excluding hydrogens is 246 g/mol. The molecule has 1 unspecified atom stereocenters. The second kappa shape index (κ2) is 6.41. The van der Waals surface area contributed by atoms with Gasteiger partial charge in [0.25, 0.3) is 0 Å². The van der Waals surface area contributed by atoms with Crippen molar-refractivity contribution in [3.8, 4) is 0 Å². The predicted octanol–water partition coefficient (Wildman–Crippen LogP) is 1.57. The molecule has 0 aliphatic carbocycles. The smallest absolute Gasteiger partial charge is 0.0958 e. The monoisotopic (exact) mass is 267 g/mol. The summed E-state index contributed by atoms with van der Waals surface area (Å²) in [5.74, 6) is 0. The van der Waals surface area contributed by atoms with Gasteiger partial charge in [-0.1, -0.05) is 0 Å². The van der Waals surface area contributed by atoms with Crippen molar-refractivity contribution in [3.63, 3.8) is 0 Å². The minimum atomic E-state index is 0.286. The molecule has 0 bridgehead atoms. The van der Waals surface area contributed by atoms with Crippen LogP contribution in [0.4, 0.5) is 5.69 Å². The van der Waals surface area contributed by atoms with Gasteiger partial charge in [-0.05, 0) is 32.5 Å². The van der Waals surface area contributed by atoms with Gasteiger partial charge < -0.3 is 14.5 Å². The van der Waals surface area contributed by atoms with Crippen LogP contribution in [0.25, 0.3) is 0 Å². The van der Waals surface area contributed by atoms with E-state index < -0.39 is 0 Å². The Morgan fingerprint density at radius 1 is 1.50 bits per heavy atom. The van der Waals surface area contributed by atoms with Crippen molar-refractivity contribution in [2.45, 2.75) is 11.1 Å². The average Bonchev–Trinajstić information content (AvgIpc) is 2.38. The molecule has 0 radical (unpaired) electrons. The Hall–Kier alpha value is -0.780. The molecule has 2 rings (SSSR count). The van der Waals surface area contributed by atoms with Gasteiger partial charge in [-0.3, -0.25) is 0 Å². The number of hydrogen-bond donors (Lipinski definition) is 0. The summed E-state index contributed by atoms with van der Waals surface area (Å²) in [7, 11) is 4.16. The van der Waals surface area contributed by atoms with Crippen LogP contribution in [0, 0.1) is 0 Å². The summed E-state index contributed by atoms with van der Waals surface area (Å²) in [4.78, 5) is 8.95. The van der Waals surface area contributed by atoms with Gasteiger partial charge in [-0.2, -0.15) is 0 Å². The molecule has 1 aliphatic heterocycles. The number of morpholine rings is 1. The maximum absolute atomic E-state index is 5.78. The molecule has 1 aromatic heterocycles. The normalized spacial score (nSPS) is 20.4. The first-order valence-electron chi connectivity index (χ1n) is 6.20. The summed E-state index contributed by atoms with van der Waals surface area (Å²) < 4.78 is 5.78. The van der Waals surface area contributed by atoms with E-state index in [4.69, 9.17) is 4.74 Å². The number of likely N-dealkylation sites (N-methyl/N-ethyl adjacent to an activating group) is 1. The van der Waals surface area contributed by atoms with Crippen molar-refractivity contribution >= 4 is 17.4 Å². The number of anilines is 1. The maximum atomic E-state index is 5.78. The van der Waals surface area contributed by atoms with Crippen molar-refractivity contribution < 1.29 is 4.74 Å². The predicted molar refractivity (Wildman–Crippen MR) is 76.5 cm³/mol. The van der Waals surface area contributed by atoms with Crippen molar-refractivity contribution in [2.75, 3.05) is 51.5 Å². The van der Waals surface area contributed by atoms with Gasteiger partial charge in [0.2, 0.25) is 0 Å². The topological polar surface area (TPSA) is 28.6 Å². The number of hydrogen-bond acceptors (Lipinski definition) is 5. The van der Waals surface area contributed by atoms with Crippen LogP contribution >= 0.6 is 11.8 Å². The number of thioether (sulfide) groups is 1. The first-order chi connectivity index (χ1) is 8.69. The fourth-order valence-corrected chi connectivity index (χ4v) is 2.51. The second-order valence-electron chi connectivity index (χ2n) is 4.76. The lowest BCUT2D eigenvalue weighted by Crippen LogP contribution is -2.46. The van der Waals surface area contributed by atoms with Crippen LogP contribution in [0.5, 0.6) is 0 Å². The Morgan fingerprint density at radius 3 is 2.94 bits per heavy atom. The summed E-state index contributed by atoms with van der Waals surface area (Å²) in [5.41, 5.74) is 1.19. The Labute approximate surface area is 113 Å². The number of aromatic nitrogens is 1. The van der Waals surface area contributed by atoms with Crippen molar-refractivity contribution in [3.05, 3.63) is 18.3 Å². The van der Waals surface area contributed by atoms with Gasteiger partial charge in [-0.25, -0.2) is 4.98 Å². The molecule has 0 spiro atoms. The maximum Gasteiger partial charge on any atom is 0.0958 e. The molecule has 0 aromatic carbocycles. The zero-order chi connectivity index (χ0) is 13.0. The van der Waals surface area contributed by atoms with Gasteiger partial charge in [0.15, 0.2) is 0 Å². The fraction of sp³-hybridized carbons (Fsp3) is 0.615. The average molecular weight is 267 g/mol. The van der Waals surface area contributed by atoms with Crippen molar-refractivity contribution in [2.24, 2.45) is 0 Å². The minimum absolute atomic E-state index is 0.286. The van der Waals surface area contributed by atoms with Crippen LogP contribution in [0.3, 0.4) is 0 Å². The highest BCUT2D eigenvalue weighted by Gasteiger charge is 2.21. The lowest BCUT2D eigenvalue weighted by Gasteiger charge is -2.35. The number of ether oxygens (including phenoxy) is 1. The molecule has 0 N–H and O–H groups in total. The third-order valence-corrected chi connectivity index (χ3v) is 3.66. The van der Waals surface area contributed by atoms with Gasteiger partial charge in [-0.15, -0.1) is 11.8 Å². The second-order valence-corrected chi connectivity index (χ2v) is 5.59. The lowest BCUT2D eigenvalue weighted by molar-refractivity contribution is 0.0247. The number of pyridine rings is 1. The van der Waals surface area contributed by atoms with Crippen LogP contribution in [-0.4, -0.2) is 62.6 Å². The molecule has 1 aliphatic rings. The standard InChI is InChI=1S/C13H21N3OS/c1-15(2)9-12-10-16(6-7-17-12)11-4-5-13(18-3)14-8-11/h4-5,8,12H,6-7,9-10H2,1-3H3. The van der Waals surface area contributed by atoms with Crippen LogP contribution in [0.15, 0.2) is 23.4 Å². The highest BCUT2D eigenvalue weighted by Crippen LogP contribution is 2.20. The molecule has 4 nitrogen and oxygen atoms in total. The van der Waals surface area contributed by atoms with E-state index in [-0.39, 0.29) is 6.10 Å². The minimum Gasteiger partial charge on any atom is -0.373 e. The SMILES string of the molecule is CSc1ccc(N2CCOC(CN(C)C)C2)cn1. The highest BCUT2D eigenvalue weighted by atomic mass is 32.2. The highest BCUT2D eigenvalue weighted by molar-refractivity contribution is 7.98. The van der Waals surface area contributed by atoms with Crippen LogP contribution < -0.4 is 4.90 Å². The summed E-state index contributed by atoms with van der Waals surface area (Å²) in [6, 6.07) is 4.23. The summed E-state index contributed by atoms with van der Waals surface area (Å²) in [5, 5.41) is 1.07. The van der Waals surface area contributed by atoms with E-state index in [0.29, 0.717) is 0 Å². The Morgan fingerprint density at radius 2 is 2.33 bits per heavy atom. The Bertz CT molecular complexity index is 369. The Balaban J connectivity index is 1.98. The molecular formula is C13H21N3OS. The zero-order valence-electron chi connectivity index (χ0n) is 11.3. The third kappa shape index (κ3) is 3.60. The molecule has 1 aromatic rings. The molecule has 0 amide bonds. The molecule has 100 valence electrons. The Kier molecular flexibility index (Phi) is 4.86. The van der Waals surface area contributed by atoms with E-state index in [1.54, 1.807) is 11.8 Å². The van der Waals surface area contributed by atoms with E-state index in [1.807, 2.05) is 12.5 Å². The third-order valence-electron chi connectivity index (χ3n) is 3.00. The van der Waals surface area contributed by atoms with Crippen LogP contribution in [-0.2, 0) is 4.74 Å². The number of rotatable bonds is 4. The van der Waals surface area contributed by atoms with Crippen LogP contribution in [0.1, 0.15) is 0 Å². The largest absolute Gasteiger partial charge is 0.373 e. The molecule has 0 saturated carbocycles. The molecule has 1 fully saturated rings. The van der Waals surface area contributed by atoms with E-state index in [1.165, 1.54) is 5.69 Å². The van der Waals surface area contributed by atoms with E-state index in [0.717, 1.165) is 31.3 Å². The summed E-state index contributed by atoms with van der Waals surface area (Å²) in [6.07, 6.45) is 4.29. The molecule has 5 heteroatoms. The molecule has 2 heterocycles. The first kappa shape index (κ1) is 13.6. The summed E-state index contributed by atoms with van der Waals surface area (Å²) in [6.45, 7) is 3.65. The molecule has 1 atom stereocenters. The van der Waals surface area contributed by atoms with Crippen molar-refractivity contribution in [1.29, 1.82) is 0 Å². The zero-order valence-corrected chi connectivity index (χ0v) is 12.1. The van der Waals surface area contributed by atoms with Gasteiger partial charge in [0.1, 0.15) is 0 Å². The van der Waals surface area contributed by atoms with Crippen molar-refractivity contribution in [1.82, 2.24) is 9.88 Å². The van der Waals surface area contributed by atoms with E-state index in [2.05, 4.69) is 41.0 Å². The summed E-state index contributed by atoms with van der Waals surface area (Å²) >= 11 is 1.67. The first-order valence-corrected chi connectivity index (χ1v) is 7.43. The number of nitrogens with zero attached hydrogens (tertiary/aromatic N) is 3. The van der Waals surface area contributed by atoms with Crippen LogP contribution in [0.2, 0.25) is 0 Å². The fourth-order valence-electron chi connectivity index (χ4n) is 2.15. The van der Waals surface area contributed by atoms with Gasteiger partial charge in [0.05, 0.1) is 29.6 Å². The van der Waals surface area contributed by atoms with Gasteiger partial charge >= 0.3 is 0 Å². The molecule has 18 heavy (non-hydrogen) atoms. The quantitative estimate of drug-likeness (QED) is 0.772. The molecule has 1 saturated heterocycles.